The Bertz CT molecular complexity index is 1180. The maximum absolute atomic E-state index is 13.3. The molecule has 3 aliphatic rings. The molecule has 1 spiro atoms. The first kappa shape index (κ1) is 20.5. The molecule has 1 fully saturated rings. The van der Waals surface area contributed by atoms with E-state index in [4.69, 9.17) is 4.74 Å². The van der Waals surface area contributed by atoms with Gasteiger partial charge in [0.25, 0.3) is 5.91 Å². The molecule has 2 aromatic rings. The average Bonchev–Trinajstić information content (AvgIpc) is 3.23. The lowest BCUT2D eigenvalue weighted by Gasteiger charge is -2.33. The highest BCUT2D eigenvalue weighted by Crippen LogP contribution is 2.41. The Morgan fingerprint density at radius 3 is 3.03 bits per heavy atom. The van der Waals surface area contributed by atoms with Crippen molar-refractivity contribution in [3.63, 3.8) is 0 Å². The van der Waals surface area contributed by atoms with Crippen molar-refractivity contribution >= 4 is 34.2 Å². The molecule has 0 bridgehead atoms. The second-order valence-corrected chi connectivity index (χ2v) is 9.64. The molecule has 0 unspecified atom stereocenters. The van der Waals surface area contributed by atoms with E-state index >= 15 is 0 Å². The van der Waals surface area contributed by atoms with Crippen molar-refractivity contribution in [3.8, 4) is 11.8 Å². The molecule has 1 saturated heterocycles. The number of carbonyl (C=O) groups is 3. The SMILES string of the molecule is C[C@H]1CCc2c(sc(NC(=O)CN3C(=O)N[C@]4(CCOc5ccccc54)C3=O)c2C#N)C1. The summed E-state index contributed by atoms with van der Waals surface area (Å²) in [5.41, 5.74) is 0.887. The molecule has 5 rings (SSSR count). The standard InChI is InChI=1S/C23H22N4O4S/c1-13-6-7-14-15(11-24)20(32-18(14)10-13)25-19(28)12-27-21(29)23(26-22(27)30)8-9-31-17-5-3-2-4-16(17)23/h2-5,13H,6-10,12H2,1H3,(H,25,28)(H,26,30)/t13-,23-/m0/s1. The number of hydrogen-bond donors (Lipinski definition) is 2. The van der Waals surface area contributed by atoms with Crippen LogP contribution in [0.1, 0.15) is 41.3 Å². The fraction of sp³-hybridized carbons (Fsp3) is 0.391. The number of imide groups is 1. The number of thiophene rings is 1. The largest absolute Gasteiger partial charge is 0.493 e. The lowest BCUT2D eigenvalue weighted by Crippen LogP contribution is -2.48. The molecular formula is C23H22N4O4S. The summed E-state index contributed by atoms with van der Waals surface area (Å²) in [6, 6.07) is 8.71. The summed E-state index contributed by atoms with van der Waals surface area (Å²) in [6.07, 6.45) is 3.02. The number of rotatable bonds is 3. The number of anilines is 1. The van der Waals surface area contributed by atoms with Gasteiger partial charge in [-0.2, -0.15) is 5.26 Å². The van der Waals surface area contributed by atoms with E-state index in [1.165, 1.54) is 11.3 Å². The molecule has 1 aliphatic carbocycles. The van der Waals surface area contributed by atoms with Crippen LogP contribution in [0.25, 0.3) is 0 Å². The Balaban J connectivity index is 1.36. The number of nitrogens with zero attached hydrogens (tertiary/aromatic N) is 2. The smallest absolute Gasteiger partial charge is 0.325 e. The number of carbonyl (C=O) groups excluding carboxylic acids is 3. The molecule has 1 aromatic heterocycles. The molecule has 164 valence electrons. The number of nitriles is 1. The first-order valence-electron chi connectivity index (χ1n) is 10.6. The first-order chi connectivity index (χ1) is 15.4. The van der Waals surface area contributed by atoms with E-state index in [1.54, 1.807) is 24.3 Å². The second kappa shape index (κ2) is 7.64. The van der Waals surface area contributed by atoms with Gasteiger partial charge in [0.15, 0.2) is 5.54 Å². The quantitative estimate of drug-likeness (QED) is 0.699. The highest BCUT2D eigenvalue weighted by molar-refractivity contribution is 7.16. The van der Waals surface area contributed by atoms with Crippen LogP contribution in [0.15, 0.2) is 24.3 Å². The minimum Gasteiger partial charge on any atom is -0.493 e. The summed E-state index contributed by atoms with van der Waals surface area (Å²) in [6.45, 7) is 2.04. The van der Waals surface area contributed by atoms with Crippen molar-refractivity contribution in [2.45, 2.75) is 38.1 Å². The third-order valence-electron chi connectivity index (χ3n) is 6.44. The first-order valence-corrected chi connectivity index (χ1v) is 11.5. The molecule has 32 heavy (non-hydrogen) atoms. The van der Waals surface area contributed by atoms with Gasteiger partial charge in [-0.05, 0) is 36.8 Å². The van der Waals surface area contributed by atoms with E-state index in [2.05, 4.69) is 23.6 Å². The number of benzene rings is 1. The van der Waals surface area contributed by atoms with Crippen LogP contribution in [0.4, 0.5) is 9.80 Å². The van der Waals surface area contributed by atoms with Gasteiger partial charge in [0, 0.05) is 16.9 Å². The van der Waals surface area contributed by atoms with Crippen molar-refractivity contribution in [2.75, 3.05) is 18.5 Å². The van der Waals surface area contributed by atoms with E-state index in [9.17, 15) is 19.6 Å². The zero-order valence-electron chi connectivity index (χ0n) is 17.6. The molecular weight excluding hydrogens is 428 g/mol. The predicted octanol–water partition coefficient (Wildman–Crippen LogP) is 2.91. The minimum atomic E-state index is -1.22. The van der Waals surface area contributed by atoms with Crippen LogP contribution in [-0.2, 0) is 28.0 Å². The third-order valence-corrected chi connectivity index (χ3v) is 7.61. The third kappa shape index (κ3) is 3.14. The van der Waals surface area contributed by atoms with Crippen LogP contribution >= 0.6 is 11.3 Å². The molecule has 0 radical (unpaired) electrons. The van der Waals surface area contributed by atoms with Gasteiger partial charge < -0.3 is 15.4 Å². The second-order valence-electron chi connectivity index (χ2n) is 8.54. The zero-order chi connectivity index (χ0) is 22.5. The maximum Gasteiger partial charge on any atom is 0.325 e. The summed E-state index contributed by atoms with van der Waals surface area (Å²) >= 11 is 1.42. The molecule has 8 nitrogen and oxygen atoms in total. The number of amides is 4. The lowest BCUT2D eigenvalue weighted by atomic mass is 9.84. The Labute approximate surface area is 189 Å². The van der Waals surface area contributed by atoms with Gasteiger partial charge in [0.05, 0.1) is 12.2 Å². The average molecular weight is 451 g/mol. The van der Waals surface area contributed by atoms with E-state index in [-0.39, 0.29) is 6.61 Å². The number of fused-ring (bicyclic) bond motifs is 3. The van der Waals surface area contributed by atoms with Gasteiger partial charge in [0.2, 0.25) is 5.91 Å². The summed E-state index contributed by atoms with van der Waals surface area (Å²) in [5.74, 6) is 0.124. The monoisotopic (exact) mass is 450 g/mol. The summed E-state index contributed by atoms with van der Waals surface area (Å²) in [7, 11) is 0. The summed E-state index contributed by atoms with van der Waals surface area (Å²) in [4.78, 5) is 40.9. The molecule has 2 N–H and O–H groups in total. The fourth-order valence-electron chi connectivity index (χ4n) is 4.78. The van der Waals surface area contributed by atoms with Crippen LogP contribution in [0.3, 0.4) is 0 Å². The Kier molecular flexibility index (Phi) is 4.90. The van der Waals surface area contributed by atoms with Crippen molar-refractivity contribution in [1.29, 1.82) is 5.26 Å². The van der Waals surface area contributed by atoms with Crippen molar-refractivity contribution in [3.05, 3.63) is 45.8 Å². The van der Waals surface area contributed by atoms with Gasteiger partial charge in [-0.15, -0.1) is 11.3 Å². The van der Waals surface area contributed by atoms with E-state index in [0.29, 0.717) is 34.2 Å². The number of hydrogen-bond acceptors (Lipinski definition) is 6. The Morgan fingerprint density at radius 1 is 1.41 bits per heavy atom. The van der Waals surface area contributed by atoms with E-state index < -0.39 is 29.9 Å². The Hall–Kier alpha value is -3.38. The molecule has 1 aromatic carbocycles. The van der Waals surface area contributed by atoms with Gasteiger partial charge in [-0.25, -0.2) is 4.79 Å². The molecule has 2 aliphatic heterocycles. The van der Waals surface area contributed by atoms with E-state index in [1.807, 2.05) is 0 Å². The molecule has 3 heterocycles. The van der Waals surface area contributed by atoms with Gasteiger partial charge >= 0.3 is 6.03 Å². The van der Waals surface area contributed by atoms with Crippen LogP contribution in [0, 0.1) is 17.2 Å². The van der Waals surface area contributed by atoms with Gasteiger partial charge in [0.1, 0.15) is 23.4 Å². The van der Waals surface area contributed by atoms with Crippen molar-refractivity contribution in [1.82, 2.24) is 10.2 Å². The Morgan fingerprint density at radius 2 is 2.22 bits per heavy atom. The van der Waals surface area contributed by atoms with Crippen LogP contribution < -0.4 is 15.4 Å². The number of urea groups is 1. The number of para-hydroxylation sites is 1. The predicted molar refractivity (Wildman–Crippen MR) is 117 cm³/mol. The number of nitrogens with one attached hydrogen (secondary N) is 2. The number of ether oxygens (including phenoxy) is 1. The fourth-order valence-corrected chi connectivity index (χ4v) is 6.16. The topological polar surface area (TPSA) is 112 Å². The maximum atomic E-state index is 13.3. The summed E-state index contributed by atoms with van der Waals surface area (Å²) in [5, 5.41) is 15.7. The molecule has 2 atom stereocenters. The van der Waals surface area contributed by atoms with Gasteiger partial charge in [-0.3, -0.25) is 14.5 Å². The van der Waals surface area contributed by atoms with E-state index in [0.717, 1.165) is 34.6 Å². The molecule has 9 heteroatoms. The normalized spacial score (nSPS) is 23.8. The lowest BCUT2D eigenvalue weighted by molar-refractivity contribution is -0.135. The molecule has 4 amide bonds. The summed E-state index contributed by atoms with van der Waals surface area (Å²) < 4.78 is 5.63. The zero-order valence-corrected chi connectivity index (χ0v) is 18.4. The van der Waals surface area contributed by atoms with Crippen molar-refractivity contribution in [2.24, 2.45) is 5.92 Å². The highest BCUT2D eigenvalue weighted by atomic mass is 32.1. The van der Waals surface area contributed by atoms with Crippen molar-refractivity contribution < 1.29 is 19.1 Å². The van der Waals surface area contributed by atoms with Crippen LogP contribution in [-0.4, -0.2) is 35.9 Å². The highest BCUT2D eigenvalue weighted by Gasteiger charge is 2.55. The molecule has 0 saturated carbocycles. The van der Waals surface area contributed by atoms with Gasteiger partial charge in [-0.1, -0.05) is 25.1 Å². The minimum absolute atomic E-state index is 0.285. The van der Waals surface area contributed by atoms with Crippen LogP contribution in [0.5, 0.6) is 5.75 Å². The van der Waals surface area contributed by atoms with Crippen LogP contribution in [0.2, 0.25) is 0 Å².